The van der Waals surface area contributed by atoms with Crippen LogP contribution in [-0.4, -0.2) is 220 Å². The van der Waals surface area contributed by atoms with Gasteiger partial charge in [-0.15, -0.1) is 0 Å². The smallest absolute Gasteiger partial charge is 0.193 e. The molecule has 20 nitrogen and oxygen atoms in total. The lowest BCUT2D eigenvalue weighted by atomic mass is 9.76. The van der Waals surface area contributed by atoms with Crippen molar-refractivity contribution in [1.82, 2.24) is 0 Å². The van der Waals surface area contributed by atoms with Gasteiger partial charge in [-0.25, -0.2) is 0 Å². The van der Waals surface area contributed by atoms with Crippen LogP contribution in [0, 0.1) is 53.3 Å². The Hall–Kier alpha value is -2.83. The number of Topliss-reactive ketones (excluding diaryl/α,β-unsaturated/α-hetero) is 3. The van der Waals surface area contributed by atoms with Crippen LogP contribution in [0.3, 0.4) is 0 Å². The van der Waals surface area contributed by atoms with Crippen LogP contribution in [-0.2, 0) is 80.1 Å². The van der Waals surface area contributed by atoms with Gasteiger partial charge in [0.05, 0.1) is 135 Å². The average molecular weight is 1690 g/mol. The molecule has 22 heteroatoms. The van der Waals surface area contributed by atoms with E-state index in [2.05, 4.69) is 149 Å². The SMILES string of the molecule is C=C1C2C[C@@H]3O[C@H](C[C@H](C)CC)[C@H](C)[C@H]3CC(=O)CC3CC[C@@H]4O[C@H]([C@@H](C)[C@@H](C)[C@H]4O3)[C@@H](O[Si](C)(C)C(C)(C)C)/C=C/C(=O)CC[C@H]3CC(=C)[C@H](CCC(C[C@H]1C)O2)O3.C=C1C2C[C@@H]3O[C@H](C[C@H](O)CO)[C@H](C)[C@H]3CC(=O)CC3CC[C@@H]4O[C@@H]5[C@@H](OC(CC(=O)CC[C@H]6CC(=C)[C@H](CCC(C[C@H]1C)O2)O6)[C@@H]5O[Si](C)(C)C(C)(C)C)[C@@H](O)[C@H]4O3. The molecule has 3 N–H and O–H groups in total. The minimum absolute atomic E-state index is 0.00316. The van der Waals surface area contributed by atoms with E-state index in [1.54, 1.807) is 6.08 Å². The number of ether oxygens (including phenoxy) is 11. The molecule has 0 aromatic heterocycles. The molecule has 7 unspecified atom stereocenters. The van der Waals surface area contributed by atoms with Crippen molar-refractivity contribution >= 4 is 39.8 Å². The van der Waals surface area contributed by atoms with E-state index in [0.29, 0.717) is 76.0 Å². The molecule has 12 saturated heterocycles. The average Bonchev–Trinajstić information content (AvgIpc) is 1.61. The fourth-order valence-electron chi connectivity index (χ4n) is 21.5. The summed E-state index contributed by atoms with van der Waals surface area (Å²) >= 11 is 0. The number of fused-ring (bicyclic) bond motifs is 9. The molecule has 0 amide bonds. The van der Waals surface area contributed by atoms with Gasteiger partial charge in [0.25, 0.3) is 0 Å². The molecule has 15 rings (SSSR count). The van der Waals surface area contributed by atoms with Crippen molar-refractivity contribution in [3.8, 4) is 0 Å². The summed E-state index contributed by atoms with van der Waals surface area (Å²) in [7, 11) is -4.58. The lowest BCUT2D eigenvalue weighted by molar-refractivity contribution is -0.258. The van der Waals surface area contributed by atoms with E-state index in [-0.39, 0.29) is 211 Å². The number of carbonyl (C=O) groups excluding carboxylic acids is 4. The van der Waals surface area contributed by atoms with Gasteiger partial charge in [-0.2, -0.15) is 0 Å². The summed E-state index contributed by atoms with van der Waals surface area (Å²) in [6.07, 6.45) is 12.7. The van der Waals surface area contributed by atoms with Crippen LogP contribution >= 0.6 is 0 Å². The third-order valence-electron chi connectivity index (χ3n) is 31.8. The Morgan fingerprint density at radius 3 is 1.42 bits per heavy atom. The first-order chi connectivity index (χ1) is 55.5. The monoisotopic (exact) mass is 1690 g/mol. The first-order valence-electron chi connectivity index (χ1n) is 46.6. The summed E-state index contributed by atoms with van der Waals surface area (Å²) < 4.78 is 88.3. The third kappa shape index (κ3) is 22.4. The quantitative estimate of drug-likeness (QED) is 0.136. The van der Waals surface area contributed by atoms with Crippen LogP contribution in [0.4, 0.5) is 0 Å². The number of ketones is 4. The molecule has 0 saturated carbocycles. The second-order valence-corrected chi connectivity index (χ2v) is 52.0. The maximum atomic E-state index is 14.2. The van der Waals surface area contributed by atoms with Gasteiger partial charge >= 0.3 is 0 Å². The van der Waals surface area contributed by atoms with Gasteiger partial charge in [-0.05, 0) is 214 Å². The van der Waals surface area contributed by atoms with Gasteiger partial charge in [-0.1, -0.05) is 136 Å². The molecule has 15 heterocycles. The fourth-order valence-corrected chi connectivity index (χ4v) is 24.1. The first kappa shape index (κ1) is 94.3. The van der Waals surface area contributed by atoms with Crippen LogP contribution in [0.25, 0.3) is 0 Å². The second kappa shape index (κ2) is 39.6. The molecule has 15 aliphatic heterocycles. The van der Waals surface area contributed by atoms with E-state index in [1.165, 1.54) is 0 Å². The largest absolute Gasteiger partial charge is 0.409 e. The van der Waals surface area contributed by atoms with E-state index in [4.69, 9.17) is 61.0 Å². The number of hydrogen-bond donors (Lipinski definition) is 3. The molecule has 0 aromatic carbocycles. The highest BCUT2D eigenvalue weighted by molar-refractivity contribution is 6.74. The Morgan fingerprint density at radius 2 is 0.907 bits per heavy atom. The summed E-state index contributed by atoms with van der Waals surface area (Å²) in [4.78, 5) is 55.5. The van der Waals surface area contributed by atoms with Gasteiger partial charge in [0.15, 0.2) is 22.4 Å². The van der Waals surface area contributed by atoms with Gasteiger partial charge in [-0.3, -0.25) is 19.2 Å². The molecule has 0 radical (unpaired) electrons. The van der Waals surface area contributed by atoms with Crippen LogP contribution in [0.5, 0.6) is 0 Å². The van der Waals surface area contributed by atoms with E-state index in [0.717, 1.165) is 99.3 Å². The van der Waals surface area contributed by atoms with Gasteiger partial charge in [0.2, 0.25) is 0 Å². The normalized spacial score (nSPS) is 43.9. The molecule has 16 bridgehead atoms. The van der Waals surface area contributed by atoms with Gasteiger partial charge in [0, 0.05) is 64.2 Å². The van der Waals surface area contributed by atoms with Crippen LogP contribution < -0.4 is 0 Å². The molecule has 118 heavy (non-hydrogen) atoms. The third-order valence-corrected chi connectivity index (χ3v) is 40.7. The lowest BCUT2D eigenvalue weighted by Gasteiger charge is -2.51. The lowest BCUT2D eigenvalue weighted by Crippen LogP contribution is -2.62. The summed E-state index contributed by atoms with van der Waals surface area (Å²) in [5.74, 6) is 2.15. The predicted molar refractivity (Wildman–Crippen MR) is 461 cm³/mol. The standard InChI is InChI=1S/C50H82O8Si.C46H74O12Si/c1-14-29(2)23-45-35(8)41-27-37(52)26-40-19-22-43-48(55-40)33(6)34(7)49(57-43)44(58-59(12,13)50(9,10)11)20-16-36(51)15-17-38-25-31(4)42(53-38)21-18-39-24-30(3)32(5)46(54-39)28-47(41)56-45;1-24-16-32-12-14-35-25(2)17-31(52-35)11-10-28(48)20-40-43(58-59(8,9)46(5,6)7)45-44(57-40)41(51)42-36(56-45)15-13-33(54-42)18-29(49)19-34-27(4)37(21-30(50)23-47)55-39(34)22-38(53-32)26(24)3/h16,20,29-30,33-35,38-49H,4-5,14-15,17-19,21-28H2,1-3,6-13H3;24,27,30-45,47,50-51H,2-3,10-23H2,1,4-9H3/b20-16+;/t29-,30-,33-,34+,35-,38+,39?,40?,41-,42+,43+,44+,45-,46?,47+,48-,49-;24-,27-,30+,31+,32?,33?,34-,35+,36+,37-,38?,39+,40?,41+,42+,43+,44+,45+/m11/s1. The molecule has 668 valence electrons. The minimum atomic E-state index is -2.35. The van der Waals surface area contributed by atoms with Crippen molar-refractivity contribution in [2.45, 2.75) is 459 Å². The highest BCUT2D eigenvalue weighted by Gasteiger charge is 2.61. The van der Waals surface area contributed by atoms with Crippen LogP contribution in [0.1, 0.15) is 264 Å². The van der Waals surface area contributed by atoms with E-state index < -0.39 is 71.6 Å². The first-order valence-corrected chi connectivity index (χ1v) is 52.4. The Labute approximate surface area is 710 Å². The predicted octanol–water partition coefficient (Wildman–Crippen LogP) is 16.8. The van der Waals surface area contributed by atoms with Crippen molar-refractivity contribution in [3.63, 3.8) is 0 Å². The Kier molecular flexibility index (Phi) is 31.6. The van der Waals surface area contributed by atoms with Crippen molar-refractivity contribution in [3.05, 3.63) is 60.8 Å². The highest BCUT2D eigenvalue weighted by atomic mass is 28.4. The fraction of sp³-hybridized carbons (Fsp3) is 0.854. The molecular formula is C96H156O20Si2. The second-order valence-electron chi connectivity index (χ2n) is 42.5. The molecular weight excluding hydrogens is 1530 g/mol. The van der Waals surface area contributed by atoms with Crippen LogP contribution in [0.2, 0.25) is 36.3 Å². The zero-order chi connectivity index (χ0) is 85.5. The number of allylic oxidation sites excluding steroid dienone is 1. The zero-order valence-corrected chi connectivity index (χ0v) is 77.6. The van der Waals surface area contributed by atoms with E-state index in [9.17, 15) is 34.5 Å². The Morgan fingerprint density at radius 1 is 0.458 bits per heavy atom. The highest BCUT2D eigenvalue weighted by Crippen LogP contribution is 2.51. The van der Waals surface area contributed by atoms with Crippen molar-refractivity contribution in [1.29, 1.82) is 0 Å². The number of aliphatic hydroxyl groups is 3. The Balaban J connectivity index is 0.000000217. The molecule has 15 aliphatic rings. The van der Waals surface area contributed by atoms with Gasteiger partial charge in [0.1, 0.15) is 47.9 Å². The van der Waals surface area contributed by atoms with E-state index in [1.807, 2.05) is 6.08 Å². The molecule has 0 aliphatic carbocycles. The topological polar surface area (TPSA) is 249 Å². The molecule has 0 aromatic rings. The maximum absolute atomic E-state index is 14.2. The summed E-state index contributed by atoms with van der Waals surface area (Å²) in [6, 6.07) is 0. The number of rotatable bonds is 10. The number of aliphatic hydroxyl groups excluding tert-OH is 3. The molecule has 12 fully saturated rings. The van der Waals surface area contributed by atoms with Gasteiger partial charge < -0.3 is 76.3 Å². The van der Waals surface area contributed by atoms with E-state index >= 15 is 0 Å². The summed E-state index contributed by atoms with van der Waals surface area (Å²) in [6.45, 7) is 57.6. The minimum Gasteiger partial charge on any atom is -0.409 e. The van der Waals surface area contributed by atoms with Crippen molar-refractivity contribution < 1.29 is 95.5 Å². The van der Waals surface area contributed by atoms with Crippen molar-refractivity contribution in [2.24, 2.45) is 53.3 Å². The molecule has 0 spiro atoms. The Bertz CT molecular complexity index is 3490. The summed E-state index contributed by atoms with van der Waals surface area (Å²) in [5.41, 5.74) is 4.34. The zero-order valence-electron chi connectivity index (χ0n) is 75.6. The maximum Gasteiger partial charge on any atom is 0.193 e. The number of hydrogen-bond acceptors (Lipinski definition) is 20. The number of carbonyl (C=O) groups is 4. The van der Waals surface area contributed by atoms with Crippen molar-refractivity contribution in [2.75, 3.05) is 6.61 Å². The summed E-state index contributed by atoms with van der Waals surface area (Å²) in [5, 5.41) is 31.9. The van der Waals surface area contributed by atoms with Crippen LogP contribution in [0.15, 0.2) is 60.8 Å². The molecule has 35 atom stereocenters.